The highest BCUT2D eigenvalue weighted by Gasteiger charge is 2.31. The van der Waals surface area contributed by atoms with Crippen LogP contribution in [0.1, 0.15) is 5.56 Å². The Morgan fingerprint density at radius 1 is 0.900 bits per heavy atom. The summed E-state index contributed by atoms with van der Waals surface area (Å²) in [5.74, 6) is 0. The van der Waals surface area contributed by atoms with Crippen molar-refractivity contribution in [3.05, 3.63) is 78.4 Å². The lowest BCUT2D eigenvalue weighted by atomic mass is 9.80. The second kappa shape index (κ2) is 8.84. The highest BCUT2D eigenvalue weighted by atomic mass is 16.4. The van der Waals surface area contributed by atoms with Gasteiger partial charge in [0.2, 0.25) is 11.1 Å². The van der Waals surface area contributed by atoms with Gasteiger partial charge in [-0.05, 0) is 36.9 Å². The molecule has 1 aromatic heterocycles. The number of hydrogen-bond acceptors (Lipinski definition) is 4. The van der Waals surface area contributed by atoms with Crippen LogP contribution < -0.4 is 20.4 Å². The van der Waals surface area contributed by atoms with Gasteiger partial charge >= 0.3 is 7.12 Å². The maximum absolute atomic E-state index is 10.3. The summed E-state index contributed by atoms with van der Waals surface area (Å²) in [5, 5.41) is 26.8. The molecule has 5 nitrogen and oxygen atoms in total. The number of fused-ring (bicyclic) bond motifs is 3. The quantitative estimate of drug-likeness (QED) is 0.252. The molecule has 0 aliphatic carbocycles. The lowest BCUT2D eigenvalue weighted by Gasteiger charge is -2.19. The van der Waals surface area contributed by atoms with E-state index in [9.17, 15) is 10.0 Å². The van der Waals surface area contributed by atoms with Gasteiger partial charge in [0.15, 0.2) is 6.54 Å². The van der Waals surface area contributed by atoms with Gasteiger partial charge in [-0.15, -0.1) is 0 Å². The normalized spacial score (nSPS) is 11.2. The maximum Gasteiger partial charge on any atom is 0.561 e. The number of nitrogens with zero attached hydrogens (tertiary/aromatic N) is 2. The highest BCUT2D eigenvalue weighted by molar-refractivity contribution is 6.60. The zero-order valence-corrected chi connectivity index (χ0v) is 17.4. The minimum atomic E-state index is -1.56. The number of nitrogens with one attached hydrogen (secondary N) is 1. The molecule has 0 unspecified atom stereocenters. The van der Waals surface area contributed by atoms with Crippen LogP contribution in [-0.2, 0) is 13.1 Å². The molecule has 0 fully saturated rings. The maximum atomic E-state index is 10.3. The van der Waals surface area contributed by atoms with Crippen molar-refractivity contribution in [2.24, 2.45) is 0 Å². The van der Waals surface area contributed by atoms with Crippen LogP contribution in [0.25, 0.3) is 21.7 Å². The predicted octanol–water partition coefficient (Wildman–Crippen LogP) is 1.82. The fourth-order valence-corrected chi connectivity index (χ4v) is 4.15. The summed E-state index contributed by atoms with van der Waals surface area (Å²) in [4.78, 5) is 2.18. The molecule has 4 rings (SSSR count). The van der Waals surface area contributed by atoms with Gasteiger partial charge < -0.3 is 20.3 Å². The minimum absolute atomic E-state index is 0.529. The van der Waals surface area contributed by atoms with E-state index in [1.807, 2.05) is 54.1 Å². The molecule has 0 spiro atoms. The van der Waals surface area contributed by atoms with Gasteiger partial charge in [-0.3, -0.25) is 0 Å². The van der Waals surface area contributed by atoms with Crippen molar-refractivity contribution < 1.29 is 14.6 Å². The third-order valence-electron chi connectivity index (χ3n) is 5.62. The fourth-order valence-electron chi connectivity index (χ4n) is 4.15. The van der Waals surface area contributed by atoms with Crippen molar-refractivity contribution >= 4 is 40.1 Å². The van der Waals surface area contributed by atoms with Crippen LogP contribution in [0.15, 0.2) is 72.8 Å². The SMILES string of the molecule is CNCc1ccc2c(c1)c1ccccc1c(B(O)O)[n+]2CCN(C)c1ccccc1. The molecule has 152 valence electrons. The topological polar surface area (TPSA) is 59.6 Å². The van der Waals surface area contributed by atoms with Crippen molar-refractivity contribution in [1.82, 2.24) is 5.32 Å². The summed E-state index contributed by atoms with van der Waals surface area (Å²) in [5.41, 5.74) is 3.85. The van der Waals surface area contributed by atoms with Crippen LogP contribution in [0.3, 0.4) is 0 Å². The predicted molar refractivity (Wildman–Crippen MR) is 124 cm³/mol. The van der Waals surface area contributed by atoms with Crippen molar-refractivity contribution in [3.63, 3.8) is 0 Å². The number of anilines is 1. The summed E-state index contributed by atoms with van der Waals surface area (Å²) in [7, 11) is 2.44. The van der Waals surface area contributed by atoms with E-state index >= 15 is 0 Å². The van der Waals surface area contributed by atoms with E-state index in [0.717, 1.165) is 40.5 Å². The van der Waals surface area contributed by atoms with Crippen molar-refractivity contribution in [2.75, 3.05) is 25.5 Å². The number of hydrogen-bond donors (Lipinski definition) is 3. The zero-order valence-electron chi connectivity index (χ0n) is 17.4. The van der Waals surface area contributed by atoms with E-state index in [-0.39, 0.29) is 0 Å². The monoisotopic (exact) mass is 400 g/mol. The number of aromatic nitrogens is 1. The molecule has 0 aliphatic rings. The van der Waals surface area contributed by atoms with Crippen LogP contribution in [0, 0.1) is 0 Å². The van der Waals surface area contributed by atoms with Crippen molar-refractivity contribution in [3.8, 4) is 0 Å². The second-order valence-electron chi connectivity index (χ2n) is 7.60. The first-order valence-electron chi connectivity index (χ1n) is 10.2. The van der Waals surface area contributed by atoms with Crippen molar-refractivity contribution in [1.29, 1.82) is 0 Å². The first-order chi connectivity index (χ1) is 14.6. The highest BCUT2D eigenvalue weighted by Crippen LogP contribution is 2.23. The van der Waals surface area contributed by atoms with E-state index in [1.165, 1.54) is 5.56 Å². The zero-order chi connectivity index (χ0) is 21.1. The Hall–Kier alpha value is -2.93. The van der Waals surface area contributed by atoms with Gasteiger partial charge in [0.05, 0.1) is 11.9 Å². The number of pyridine rings is 1. The van der Waals surface area contributed by atoms with Gasteiger partial charge in [0.1, 0.15) is 0 Å². The van der Waals surface area contributed by atoms with Gasteiger partial charge in [-0.25, -0.2) is 0 Å². The summed E-state index contributed by atoms with van der Waals surface area (Å²) in [6.45, 7) is 2.15. The molecule has 0 aliphatic heterocycles. The number of rotatable bonds is 7. The molecule has 0 atom stereocenters. The van der Waals surface area contributed by atoms with Crippen LogP contribution in [0.4, 0.5) is 5.69 Å². The fraction of sp³-hybridized carbons (Fsp3) is 0.208. The van der Waals surface area contributed by atoms with E-state index in [1.54, 1.807) is 0 Å². The Morgan fingerprint density at radius 2 is 1.60 bits per heavy atom. The molecule has 0 saturated heterocycles. The first kappa shape index (κ1) is 20.4. The molecule has 30 heavy (non-hydrogen) atoms. The third-order valence-corrected chi connectivity index (χ3v) is 5.62. The van der Waals surface area contributed by atoms with E-state index < -0.39 is 7.12 Å². The molecule has 0 amide bonds. The third kappa shape index (κ3) is 3.90. The first-order valence-corrected chi connectivity index (χ1v) is 10.2. The van der Waals surface area contributed by atoms with Gasteiger partial charge in [-0.2, -0.15) is 4.57 Å². The summed E-state index contributed by atoms with van der Waals surface area (Å²) < 4.78 is 2.05. The number of para-hydroxylation sites is 1. The largest absolute Gasteiger partial charge is 0.561 e. The van der Waals surface area contributed by atoms with E-state index in [4.69, 9.17) is 0 Å². The molecule has 0 radical (unpaired) electrons. The molecular formula is C24H27BN3O2+. The molecule has 0 bridgehead atoms. The summed E-state index contributed by atoms with van der Waals surface area (Å²) in [6.07, 6.45) is 0. The Bertz CT molecular complexity index is 1170. The average molecular weight is 400 g/mol. The minimum Gasteiger partial charge on any atom is -0.419 e. The van der Waals surface area contributed by atoms with Crippen molar-refractivity contribution in [2.45, 2.75) is 13.1 Å². The molecule has 6 heteroatoms. The molecule has 4 aromatic rings. The molecule has 0 saturated carbocycles. The van der Waals surface area contributed by atoms with E-state index in [0.29, 0.717) is 12.1 Å². The van der Waals surface area contributed by atoms with Crippen LogP contribution >= 0.6 is 0 Å². The lowest BCUT2D eigenvalue weighted by Crippen LogP contribution is -2.59. The Balaban J connectivity index is 1.86. The summed E-state index contributed by atoms with van der Waals surface area (Å²) in [6, 6.07) is 24.5. The smallest absolute Gasteiger partial charge is 0.419 e. The average Bonchev–Trinajstić information content (AvgIpc) is 2.77. The van der Waals surface area contributed by atoms with E-state index in [2.05, 4.69) is 47.6 Å². The van der Waals surface area contributed by atoms with Gasteiger partial charge in [0.25, 0.3) is 0 Å². The second-order valence-corrected chi connectivity index (χ2v) is 7.60. The molecule has 3 N–H and O–H groups in total. The number of likely N-dealkylation sites (N-methyl/N-ethyl adjacent to an activating group) is 1. The standard InChI is InChI=1S/C24H27BN3O2/c1-26-17-18-12-13-23-22(16-18)20-10-6-7-11-21(20)24(25(29)30)28(23)15-14-27(2)19-8-4-3-5-9-19/h3-13,16,26,29-30H,14-15,17H2,1-2H3/q+1. The van der Waals surface area contributed by atoms with Crippen LogP contribution in [0.5, 0.6) is 0 Å². The number of benzene rings is 3. The Labute approximate surface area is 177 Å². The Kier molecular flexibility index (Phi) is 5.99. The summed E-state index contributed by atoms with van der Waals surface area (Å²) >= 11 is 0. The molecular weight excluding hydrogens is 373 g/mol. The Morgan fingerprint density at radius 3 is 2.30 bits per heavy atom. The lowest BCUT2D eigenvalue weighted by molar-refractivity contribution is -0.651. The van der Waals surface area contributed by atoms with Gasteiger partial charge in [0, 0.05) is 36.1 Å². The van der Waals surface area contributed by atoms with Gasteiger partial charge in [-0.1, -0.05) is 42.5 Å². The molecule has 1 heterocycles. The van der Waals surface area contributed by atoms with Crippen LogP contribution in [0.2, 0.25) is 0 Å². The van der Waals surface area contributed by atoms with Crippen LogP contribution in [-0.4, -0.2) is 37.8 Å². The molecule has 3 aromatic carbocycles.